The van der Waals surface area contributed by atoms with E-state index in [9.17, 15) is 4.79 Å². The molecular formula is C22H33N3O. The number of amides is 2. The minimum absolute atomic E-state index is 0.151. The molecule has 0 aromatic heterocycles. The number of nitrogens with zero attached hydrogens (tertiary/aromatic N) is 2. The third kappa shape index (κ3) is 4.40. The van der Waals surface area contributed by atoms with Gasteiger partial charge in [-0.2, -0.15) is 0 Å². The summed E-state index contributed by atoms with van der Waals surface area (Å²) in [6.45, 7) is 5.32. The molecule has 3 aliphatic rings. The lowest BCUT2D eigenvalue weighted by Crippen LogP contribution is -2.49. The van der Waals surface area contributed by atoms with Gasteiger partial charge in [0.15, 0.2) is 0 Å². The fraction of sp³-hybridized carbons (Fsp3) is 0.682. The van der Waals surface area contributed by atoms with Crippen molar-refractivity contribution >= 4 is 6.03 Å². The van der Waals surface area contributed by atoms with Gasteiger partial charge in [-0.25, -0.2) is 4.79 Å². The van der Waals surface area contributed by atoms with Crippen molar-refractivity contribution in [1.82, 2.24) is 15.1 Å². The molecule has 26 heavy (non-hydrogen) atoms. The lowest BCUT2D eigenvalue weighted by atomic mass is 9.99. The Morgan fingerprint density at radius 3 is 2.42 bits per heavy atom. The summed E-state index contributed by atoms with van der Waals surface area (Å²) in [5, 5.41) is 3.31. The molecular weight excluding hydrogens is 322 g/mol. The van der Waals surface area contributed by atoms with E-state index in [0.717, 1.165) is 51.4 Å². The van der Waals surface area contributed by atoms with Crippen molar-refractivity contribution in [3.63, 3.8) is 0 Å². The summed E-state index contributed by atoms with van der Waals surface area (Å²) in [6.07, 6.45) is 9.00. The topological polar surface area (TPSA) is 35.6 Å². The van der Waals surface area contributed by atoms with Crippen molar-refractivity contribution < 1.29 is 4.79 Å². The van der Waals surface area contributed by atoms with E-state index in [2.05, 4.69) is 40.5 Å². The summed E-state index contributed by atoms with van der Waals surface area (Å²) < 4.78 is 0. The van der Waals surface area contributed by atoms with E-state index < -0.39 is 0 Å². The highest BCUT2D eigenvalue weighted by Gasteiger charge is 2.29. The molecule has 2 amide bonds. The molecule has 0 bridgehead atoms. The van der Waals surface area contributed by atoms with Gasteiger partial charge in [0.05, 0.1) is 0 Å². The fourth-order valence-electron chi connectivity index (χ4n) is 5.03. The number of urea groups is 1. The second-order valence-corrected chi connectivity index (χ2v) is 8.52. The summed E-state index contributed by atoms with van der Waals surface area (Å²) >= 11 is 0. The van der Waals surface area contributed by atoms with Crippen LogP contribution < -0.4 is 5.32 Å². The number of hydrogen-bond donors (Lipinski definition) is 1. The predicted octanol–water partition coefficient (Wildman–Crippen LogP) is 3.84. The molecule has 4 heteroatoms. The van der Waals surface area contributed by atoms with Crippen molar-refractivity contribution in [2.45, 2.75) is 56.9 Å². The zero-order chi connectivity index (χ0) is 17.8. The van der Waals surface area contributed by atoms with E-state index in [1.165, 1.54) is 37.8 Å². The van der Waals surface area contributed by atoms with E-state index in [0.29, 0.717) is 12.0 Å². The van der Waals surface area contributed by atoms with E-state index in [-0.39, 0.29) is 6.03 Å². The molecule has 2 heterocycles. The van der Waals surface area contributed by atoms with Gasteiger partial charge in [-0.05, 0) is 43.6 Å². The Balaban J connectivity index is 1.20. The average Bonchev–Trinajstić information content (AvgIpc) is 3.36. The summed E-state index contributed by atoms with van der Waals surface area (Å²) in [5.74, 6) is 1.43. The maximum atomic E-state index is 12.7. The van der Waals surface area contributed by atoms with Crippen LogP contribution in [0.3, 0.4) is 0 Å². The summed E-state index contributed by atoms with van der Waals surface area (Å²) in [7, 11) is 0. The minimum atomic E-state index is 0.151. The third-order valence-electron chi connectivity index (χ3n) is 6.65. The number of likely N-dealkylation sites (tertiary alicyclic amines) is 2. The second kappa shape index (κ2) is 8.43. The van der Waals surface area contributed by atoms with Crippen LogP contribution in [0.4, 0.5) is 4.79 Å². The Bertz CT molecular complexity index is 576. The highest BCUT2D eigenvalue weighted by molar-refractivity contribution is 5.75. The summed E-state index contributed by atoms with van der Waals surface area (Å²) in [5.41, 5.74) is 1.36. The molecule has 1 atom stereocenters. The van der Waals surface area contributed by atoms with Crippen molar-refractivity contribution in [3.05, 3.63) is 35.9 Å². The average molecular weight is 356 g/mol. The van der Waals surface area contributed by atoms with Gasteiger partial charge < -0.3 is 15.1 Å². The zero-order valence-electron chi connectivity index (χ0n) is 15.9. The molecule has 142 valence electrons. The van der Waals surface area contributed by atoms with E-state index in [1.807, 2.05) is 4.90 Å². The molecule has 1 aliphatic carbocycles. The Labute approximate surface area is 157 Å². The number of rotatable bonds is 4. The number of benzene rings is 1. The maximum Gasteiger partial charge on any atom is 0.317 e. The van der Waals surface area contributed by atoms with Crippen LogP contribution in [-0.4, -0.2) is 54.6 Å². The molecule has 1 aromatic rings. The van der Waals surface area contributed by atoms with E-state index >= 15 is 0 Å². The van der Waals surface area contributed by atoms with Gasteiger partial charge in [0.1, 0.15) is 0 Å². The van der Waals surface area contributed by atoms with Crippen LogP contribution >= 0.6 is 0 Å². The van der Waals surface area contributed by atoms with Crippen LogP contribution in [0.2, 0.25) is 0 Å². The lowest BCUT2D eigenvalue weighted by molar-refractivity contribution is 0.163. The highest BCUT2D eigenvalue weighted by atomic mass is 16.2. The molecule has 2 saturated heterocycles. The molecule has 4 rings (SSSR count). The first-order valence-electron chi connectivity index (χ1n) is 10.6. The van der Waals surface area contributed by atoms with Gasteiger partial charge in [0, 0.05) is 44.7 Å². The van der Waals surface area contributed by atoms with Gasteiger partial charge in [-0.3, -0.25) is 0 Å². The molecule has 1 N–H and O–H groups in total. The van der Waals surface area contributed by atoms with Crippen LogP contribution in [0, 0.1) is 5.92 Å². The largest absolute Gasteiger partial charge is 0.335 e. The van der Waals surface area contributed by atoms with Gasteiger partial charge >= 0.3 is 6.03 Å². The zero-order valence-corrected chi connectivity index (χ0v) is 15.9. The highest BCUT2D eigenvalue weighted by Crippen LogP contribution is 2.28. The quantitative estimate of drug-likeness (QED) is 0.891. The molecule has 0 radical (unpaired) electrons. The number of hydrogen-bond acceptors (Lipinski definition) is 2. The monoisotopic (exact) mass is 355 g/mol. The number of carbonyl (C=O) groups is 1. The molecule has 1 unspecified atom stereocenters. The Morgan fingerprint density at radius 2 is 1.69 bits per heavy atom. The fourth-order valence-corrected chi connectivity index (χ4v) is 5.03. The summed E-state index contributed by atoms with van der Waals surface area (Å²) in [6, 6.07) is 11.1. The van der Waals surface area contributed by atoms with E-state index in [4.69, 9.17) is 0 Å². The number of piperidine rings is 1. The lowest BCUT2D eigenvalue weighted by Gasteiger charge is -2.34. The van der Waals surface area contributed by atoms with Crippen molar-refractivity contribution in [3.8, 4) is 0 Å². The van der Waals surface area contributed by atoms with Crippen LogP contribution in [0.5, 0.6) is 0 Å². The number of nitrogens with one attached hydrogen (secondary N) is 1. The molecule has 2 aliphatic heterocycles. The van der Waals surface area contributed by atoms with Crippen LogP contribution in [-0.2, 0) is 0 Å². The van der Waals surface area contributed by atoms with Crippen LogP contribution in [0.15, 0.2) is 30.3 Å². The molecule has 3 fully saturated rings. The standard InChI is InChI=1S/C22H33N3O/c26-22(25-15-10-20(17-25)19-8-2-1-3-9-19)23-21-11-13-24(14-12-21)16-18-6-4-5-7-18/h1-3,8-9,18,20-21H,4-7,10-17H2,(H,23,26). The predicted molar refractivity (Wildman–Crippen MR) is 105 cm³/mol. The first-order chi connectivity index (χ1) is 12.8. The van der Waals surface area contributed by atoms with Crippen molar-refractivity contribution in [1.29, 1.82) is 0 Å². The number of carbonyl (C=O) groups excluding carboxylic acids is 1. The molecule has 1 aromatic carbocycles. The first kappa shape index (κ1) is 17.8. The Hall–Kier alpha value is -1.55. The van der Waals surface area contributed by atoms with Gasteiger partial charge in [0.2, 0.25) is 0 Å². The molecule has 4 nitrogen and oxygen atoms in total. The second-order valence-electron chi connectivity index (χ2n) is 8.52. The smallest absolute Gasteiger partial charge is 0.317 e. The van der Waals surface area contributed by atoms with Gasteiger partial charge in [0.25, 0.3) is 0 Å². The van der Waals surface area contributed by atoms with Crippen LogP contribution in [0.1, 0.15) is 56.4 Å². The first-order valence-corrected chi connectivity index (χ1v) is 10.6. The maximum absolute atomic E-state index is 12.7. The van der Waals surface area contributed by atoms with Crippen molar-refractivity contribution in [2.24, 2.45) is 5.92 Å². The SMILES string of the molecule is O=C(NC1CCN(CC2CCCC2)CC1)N1CCC(c2ccccc2)C1. The van der Waals surface area contributed by atoms with E-state index in [1.54, 1.807) is 0 Å². The summed E-state index contributed by atoms with van der Waals surface area (Å²) in [4.78, 5) is 17.3. The third-order valence-corrected chi connectivity index (χ3v) is 6.65. The Kier molecular flexibility index (Phi) is 5.78. The normalized spacial score (nSPS) is 25.7. The van der Waals surface area contributed by atoms with Gasteiger partial charge in [-0.15, -0.1) is 0 Å². The van der Waals surface area contributed by atoms with Crippen molar-refractivity contribution in [2.75, 3.05) is 32.7 Å². The Morgan fingerprint density at radius 1 is 0.962 bits per heavy atom. The van der Waals surface area contributed by atoms with Gasteiger partial charge in [-0.1, -0.05) is 43.2 Å². The van der Waals surface area contributed by atoms with Crippen LogP contribution in [0.25, 0.3) is 0 Å². The molecule has 0 spiro atoms. The minimum Gasteiger partial charge on any atom is -0.335 e. The molecule has 1 saturated carbocycles.